The molecule has 0 fully saturated rings. The Bertz CT molecular complexity index is 640. The third kappa shape index (κ3) is 6.48. The van der Waals surface area contributed by atoms with Gasteiger partial charge in [-0.25, -0.2) is 9.98 Å². The van der Waals surface area contributed by atoms with Crippen LogP contribution < -0.4 is 15.5 Å². The van der Waals surface area contributed by atoms with Gasteiger partial charge in [0.15, 0.2) is 5.96 Å². The molecule has 2 aromatic heterocycles. The quantitative estimate of drug-likeness (QED) is 0.290. The van der Waals surface area contributed by atoms with Crippen molar-refractivity contribution < 1.29 is 0 Å². The van der Waals surface area contributed by atoms with E-state index in [1.54, 1.807) is 17.5 Å². The Kier molecular flexibility index (Phi) is 9.39. The second-order valence-electron chi connectivity index (χ2n) is 5.15. The van der Waals surface area contributed by atoms with Crippen LogP contribution in [0, 0.1) is 0 Å². The summed E-state index contributed by atoms with van der Waals surface area (Å²) in [5.74, 6) is 1.71. The minimum atomic E-state index is 0. The van der Waals surface area contributed by atoms with Crippen LogP contribution in [0.25, 0.3) is 0 Å². The van der Waals surface area contributed by atoms with E-state index in [1.165, 1.54) is 4.88 Å². The van der Waals surface area contributed by atoms with Gasteiger partial charge in [0, 0.05) is 37.3 Å². The Hall–Kier alpha value is -1.61. The third-order valence-electron chi connectivity index (χ3n) is 3.12. The molecule has 0 saturated carbocycles. The maximum atomic E-state index is 4.66. The smallest absolute Gasteiger partial charge is 0.192 e. The van der Waals surface area contributed by atoms with Gasteiger partial charge >= 0.3 is 0 Å². The van der Waals surface area contributed by atoms with Crippen molar-refractivity contribution in [2.45, 2.75) is 13.1 Å². The summed E-state index contributed by atoms with van der Waals surface area (Å²) >= 11 is 1.73. The van der Waals surface area contributed by atoms with Gasteiger partial charge in [-0.05, 0) is 17.5 Å². The Labute approximate surface area is 164 Å². The van der Waals surface area contributed by atoms with Crippen LogP contribution >= 0.6 is 35.3 Å². The summed E-state index contributed by atoms with van der Waals surface area (Å²) in [6, 6.07) is 8.15. The number of thiophene rings is 1. The highest BCUT2D eigenvalue weighted by molar-refractivity contribution is 14.0. The maximum Gasteiger partial charge on any atom is 0.192 e. The Morgan fingerprint density at radius 1 is 1.33 bits per heavy atom. The van der Waals surface area contributed by atoms with Crippen molar-refractivity contribution >= 4 is 47.1 Å². The number of hydrogen-bond donors (Lipinski definition) is 2. The molecule has 0 spiro atoms. The average molecular weight is 457 g/mol. The molecule has 0 aliphatic rings. The molecule has 130 valence electrons. The molecule has 0 aromatic carbocycles. The Balaban J connectivity index is 0.00000288. The average Bonchev–Trinajstić information content (AvgIpc) is 3.07. The molecule has 0 unspecified atom stereocenters. The number of rotatable bonds is 7. The molecule has 0 aliphatic heterocycles. The van der Waals surface area contributed by atoms with Crippen molar-refractivity contribution in [1.29, 1.82) is 0 Å². The van der Waals surface area contributed by atoms with Crippen molar-refractivity contribution in [3.8, 4) is 0 Å². The van der Waals surface area contributed by atoms with E-state index in [0.717, 1.165) is 23.9 Å². The standard InChI is InChI=1S/C17H23N5S.HI/c1-4-9-19-17(21-13-15-8-6-11-23-15)20-12-14-7-5-10-18-16(14)22(2)3;/h4-8,10-11H,1,9,12-13H2,2-3H3,(H2,19,20,21);1H. The normalized spacial score (nSPS) is 10.7. The lowest BCUT2D eigenvalue weighted by Crippen LogP contribution is -2.36. The van der Waals surface area contributed by atoms with Crippen molar-refractivity contribution in [3.63, 3.8) is 0 Å². The zero-order chi connectivity index (χ0) is 16.5. The fourth-order valence-electron chi connectivity index (χ4n) is 2.05. The van der Waals surface area contributed by atoms with Gasteiger partial charge in [0.05, 0.1) is 13.1 Å². The van der Waals surface area contributed by atoms with Crippen LogP contribution in [-0.2, 0) is 13.1 Å². The minimum Gasteiger partial charge on any atom is -0.362 e. The number of nitrogens with one attached hydrogen (secondary N) is 2. The summed E-state index contributed by atoms with van der Waals surface area (Å²) in [5.41, 5.74) is 1.09. The molecule has 0 radical (unpaired) electrons. The number of aliphatic imine (C=N–C) groups is 1. The van der Waals surface area contributed by atoms with E-state index in [1.807, 2.05) is 31.1 Å². The molecule has 2 aromatic rings. The second-order valence-corrected chi connectivity index (χ2v) is 6.18. The van der Waals surface area contributed by atoms with Gasteiger partial charge in [0.1, 0.15) is 5.82 Å². The molecule has 2 rings (SSSR count). The number of guanidine groups is 1. The fourth-order valence-corrected chi connectivity index (χ4v) is 2.69. The van der Waals surface area contributed by atoms with E-state index in [0.29, 0.717) is 13.1 Å². The summed E-state index contributed by atoms with van der Waals surface area (Å²) in [5, 5.41) is 8.66. The van der Waals surface area contributed by atoms with Gasteiger partial charge in [-0.15, -0.1) is 41.9 Å². The first-order valence-electron chi connectivity index (χ1n) is 7.47. The highest BCUT2D eigenvalue weighted by atomic mass is 127. The van der Waals surface area contributed by atoms with Gasteiger partial charge in [-0.1, -0.05) is 18.2 Å². The van der Waals surface area contributed by atoms with Crippen LogP contribution in [0.1, 0.15) is 10.4 Å². The van der Waals surface area contributed by atoms with E-state index in [4.69, 9.17) is 0 Å². The Morgan fingerprint density at radius 2 is 2.17 bits per heavy atom. The molecule has 0 aliphatic carbocycles. The summed E-state index contributed by atoms with van der Waals surface area (Å²) in [6.07, 6.45) is 3.62. The van der Waals surface area contributed by atoms with E-state index in [9.17, 15) is 0 Å². The van der Waals surface area contributed by atoms with Crippen molar-refractivity contribution in [3.05, 3.63) is 58.9 Å². The number of anilines is 1. The highest BCUT2D eigenvalue weighted by Crippen LogP contribution is 2.15. The summed E-state index contributed by atoms with van der Waals surface area (Å²) in [6.45, 7) is 5.73. The van der Waals surface area contributed by atoms with Gasteiger partial charge < -0.3 is 15.5 Å². The predicted octanol–water partition coefficient (Wildman–Crippen LogP) is 3.25. The predicted molar refractivity (Wildman–Crippen MR) is 114 cm³/mol. The van der Waals surface area contributed by atoms with Gasteiger partial charge in [0.25, 0.3) is 0 Å². The second kappa shape index (κ2) is 11.0. The van der Waals surface area contributed by atoms with Crippen molar-refractivity contribution in [2.24, 2.45) is 4.99 Å². The lowest BCUT2D eigenvalue weighted by atomic mass is 10.2. The van der Waals surface area contributed by atoms with Gasteiger partial charge in [-0.3, -0.25) is 0 Å². The third-order valence-corrected chi connectivity index (χ3v) is 4.00. The lowest BCUT2D eigenvalue weighted by molar-refractivity contribution is 0.839. The van der Waals surface area contributed by atoms with Crippen LogP contribution in [0.2, 0.25) is 0 Å². The lowest BCUT2D eigenvalue weighted by Gasteiger charge is -2.15. The molecule has 0 atom stereocenters. The summed E-state index contributed by atoms with van der Waals surface area (Å²) in [7, 11) is 3.98. The SMILES string of the molecule is C=CCNC(=NCc1cccnc1N(C)C)NCc1cccs1.I. The zero-order valence-corrected chi connectivity index (χ0v) is 17.2. The van der Waals surface area contributed by atoms with Crippen LogP contribution in [0.5, 0.6) is 0 Å². The van der Waals surface area contributed by atoms with E-state index in [-0.39, 0.29) is 24.0 Å². The number of aromatic nitrogens is 1. The van der Waals surface area contributed by atoms with Crippen molar-refractivity contribution in [1.82, 2.24) is 15.6 Å². The Morgan fingerprint density at radius 3 is 2.83 bits per heavy atom. The van der Waals surface area contributed by atoms with Crippen LogP contribution in [0.3, 0.4) is 0 Å². The largest absolute Gasteiger partial charge is 0.362 e. The molecule has 2 N–H and O–H groups in total. The fraction of sp³-hybridized carbons (Fsp3) is 0.294. The monoisotopic (exact) mass is 457 g/mol. The molecule has 0 bridgehead atoms. The molecule has 0 amide bonds. The summed E-state index contributed by atoms with van der Waals surface area (Å²) < 4.78 is 0. The van der Waals surface area contributed by atoms with Gasteiger partial charge in [0.2, 0.25) is 0 Å². The first-order chi connectivity index (χ1) is 11.2. The van der Waals surface area contributed by atoms with E-state index in [2.05, 4.69) is 50.8 Å². The minimum absolute atomic E-state index is 0. The number of halogens is 1. The van der Waals surface area contributed by atoms with E-state index < -0.39 is 0 Å². The number of nitrogens with zero attached hydrogens (tertiary/aromatic N) is 3. The summed E-state index contributed by atoms with van der Waals surface area (Å²) in [4.78, 5) is 12.3. The first-order valence-corrected chi connectivity index (χ1v) is 8.35. The van der Waals surface area contributed by atoms with E-state index >= 15 is 0 Å². The molecule has 2 heterocycles. The molecule has 5 nitrogen and oxygen atoms in total. The highest BCUT2D eigenvalue weighted by Gasteiger charge is 2.05. The van der Waals surface area contributed by atoms with Crippen molar-refractivity contribution in [2.75, 3.05) is 25.5 Å². The number of pyridine rings is 1. The van der Waals surface area contributed by atoms with Gasteiger partial charge in [-0.2, -0.15) is 0 Å². The molecule has 7 heteroatoms. The molecule has 24 heavy (non-hydrogen) atoms. The molecular formula is C17H24IN5S. The maximum absolute atomic E-state index is 4.66. The number of hydrogen-bond acceptors (Lipinski definition) is 4. The van der Waals surface area contributed by atoms with Crippen LogP contribution in [0.4, 0.5) is 5.82 Å². The first kappa shape index (κ1) is 20.4. The molecule has 0 saturated heterocycles. The van der Waals surface area contributed by atoms with Crippen LogP contribution in [0.15, 0.2) is 53.5 Å². The molecular weight excluding hydrogens is 433 g/mol. The zero-order valence-electron chi connectivity index (χ0n) is 14.0. The topological polar surface area (TPSA) is 52.6 Å². The van der Waals surface area contributed by atoms with Crippen LogP contribution in [-0.4, -0.2) is 31.6 Å².